The van der Waals surface area contributed by atoms with Gasteiger partial charge < -0.3 is 14.7 Å². The van der Waals surface area contributed by atoms with E-state index in [0.717, 1.165) is 21.6 Å². The molecule has 5 aromatic rings. The fourth-order valence-corrected chi connectivity index (χ4v) is 16.3. The van der Waals surface area contributed by atoms with E-state index in [-0.39, 0.29) is 64.1 Å². The maximum Gasteiger partial charge on any atom is 0.425 e. The van der Waals surface area contributed by atoms with Gasteiger partial charge in [0.1, 0.15) is 18.7 Å². The third-order valence-corrected chi connectivity index (χ3v) is 20.3. The third kappa shape index (κ3) is 14.8. The molecule has 80 heavy (non-hydrogen) atoms. The van der Waals surface area contributed by atoms with Crippen molar-refractivity contribution in [2.24, 2.45) is 0 Å². The van der Waals surface area contributed by atoms with Gasteiger partial charge in [-0.25, -0.2) is 9.37 Å². The van der Waals surface area contributed by atoms with Gasteiger partial charge in [-0.3, -0.25) is 18.5 Å². The van der Waals surface area contributed by atoms with Gasteiger partial charge in [0.05, 0.1) is 16.2 Å². The van der Waals surface area contributed by atoms with Crippen molar-refractivity contribution in [3.63, 3.8) is 0 Å². The number of hydrogen-bond acceptors (Lipinski definition) is 19. The molecule has 0 saturated heterocycles. The molecule has 3 heterocycles. The van der Waals surface area contributed by atoms with Crippen LogP contribution < -0.4 is 35.2 Å². The molecule has 31 heteroatoms. The number of carboxylic acids is 1. The Labute approximate surface area is 465 Å². The van der Waals surface area contributed by atoms with E-state index in [1.807, 2.05) is 30.6 Å². The zero-order valence-corrected chi connectivity index (χ0v) is 49.3. The number of carbonyl (C=O) groups is 2. The summed E-state index contributed by atoms with van der Waals surface area (Å²) in [6.45, 7) is 14.6. The molecule has 0 radical (unpaired) electrons. The molecule has 0 spiro atoms. The molecule has 2 unspecified atom stereocenters. The predicted octanol–water partition coefficient (Wildman–Crippen LogP) is 1.92. The Morgan fingerprint density at radius 1 is 0.713 bits per heavy atom. The summed E-state index contributed by atoms with van der Waals surface area (Å²) >= 11 is 0. The molecule has 0 amide bonds. The van der Waals surface area contributed by atoms with Gasteiger partial charge in [-0.05, 0) is 126 Å². The molecular formula is C49H53N2O22S6Si+. The third-order valence-electron chi connectivity index (χ3n) is 14.0. The van der Waals surface area contributed by atoms with E-state index in [1.54, 1.807) is 30.3 Å². The van der Waals surface area contributed by atoms with Crippen LogP contribution >= 0.6 is 0 Å². The number of carboxylic acid groups (broad SMARTS) is 1. The fraction of sp³-hybridized carbons (Fsp3) is 0.327. The Bertz CT molecular complexity index is 4120. The van der Waals surface area contributed by atoms with Crippen LogP contribution in [-0.2, 0) is 80.1 Å². The maximum atomic E-state index is 13.2. The zero-order chi connectivity index (χ0) is 60.4. The largest absolute Gasteiger partial charge is 0.478 e. The van der Waals surface area contributed by atoms with E-state index in [9.17, 15) is 53.6 Å². The number of nitrogens with zero attached hydrogens (tertiary/aromatic N) is 2. The van der Waals surface area contributed by atoms with Crippen molar-refractivity contribution in [2.75, 3.05) is 10.7 Å². The summed E-state index contributed by atoms with van der Waals surface area (Å²) in [5.74, 6) is -2.71. The molecule has 4 N–H and O–H groups in total. The van der Waals surface area contributed by atoms with Crippen LogP contribution in [0.3, 0.4) is 0 Å². The van der Waals surface area contributed by atoms with Gasteiger partial charge in [0.2, 0.25) is 5.36 Å². The van der Waals surface area contributed by atoms with Crippen LogP contribution in [0.15, 0.2) is 101 Å². The van der Waals surface area contributed by atoms with Crippen molar-refractivity contribution < 1.29 is 96.2 Å². The lowest BCUT2D eigenvalue weighted by molar-refractivity contribution is -0.120. The Kier molecular flexibility index (Phi) is 19.4. The molecule has 0 fully saturated rings. The highest BCUT2D eigenvalue weighted by Crippen LogP contribution is 2.46. The van der Waals surface area contributed by atoms with Crippen molar-refractivity contribution in [1.82, 2.24) is 4.58 Å². The van der Waals surface area contributed by atoms with Crippen LogP contribution in [0, 0.1) is 0 Å². The van der Waals surface area contributed by atoms with Crippen LogP contribution in [0.5, 0.6) is 5.75 Å². The number of anilines is 1. The highest BCUT2D eigenvalue weighted by molar-refractivity contribution is 7.86. The lowest BCUT2D eigenvalue weighted by Crippen LogP contribution is -2.65. The highest BCUT2D eigenvalue weighted by atomic mass is 32.2. The normalized spacial score (nSPS) is 17.3. The van der Waals surface area contributed by atoms with Crippen molar-refractivity contribution >= 4 is 104 Å². The number of fused-ring (bicyclic) bond motifs is 4. The van der Waals surface area contributed by atoms with E-state index in [1.165, 1.54) is 36.4 Å². The van der Waals surface area contributed by atoms with E-state index in [0.29, 0.717) is 39.3 Å². The molecule has 0 saturated carbocycles. The second kappa shape index (κ2) is 24.2. The van der Waals surface area contributed by atoms with Gasteiger partial charge >= 0.3 is 37.8 Å². The van der Waals surface area contributed by atoms with Crippen molar-refractivity contribution in [2.45, 2.75) is 106 Å². The van der Waals surface area contributed by atoms with Gasteiger partial charge in [0.25, 0.3) is 36.8 Å². The first kappa shape index (κ1) is 64.1. The Balaban J connectivity index is 0.000000892. The second-order valence-corrected chi connectivity index (χ2v) is 30.3. The first-order valence-electron chi connectivity index (χ1n) is 23.4. The Morgan fingerprint density at radius 2 is 1.24 bits per heavy atom. The molecule has 8 rings (SSSR count). The molecular weight excluding hydrogens is 1190 g/mol. The first-order valence-corrected chi connectivity index (χ1v) is 33.9. The van der Waals surface area contributed by atoms with Crippen LogP contribution in [0.1, 0.15) is 103 Å². The summed E-state index contributed by atoms with van der Waals surface area (Å²) in [6.07, 6.45) is 0.805. The summed E-state index contributed by atoms with van der Waals surface area (Å²) in [4.78, 5) is 26.6. The van der Waals surface area contributed by atoms with Gasteiger partial charge in [0, 0.05) is 52.9 Å². The molecule has 5 aromatic carbocycles. The number of ether oxygens (including phenoxy) is 1. The Hall–Kier alpha value is -6.68. The zero-order valence-electron chi connectivity index (χ0n) is 43.4. The minimum absolute atomic E-state index is 0.0306. The first-order chi connectivity index (χ1) is 36.7. The topological polar surface area (TPSA) is 387 Å². The highest BCUT2D eigenvalue weighted by Gasteiger charge is 2.46. The molecule has 24 nitrogen and oxygen atoms in total. The van der Waals surface area contributed by atoms with E-state index in [4.69, 9.17) is 42.6 Å². The molecule has 3 aliphatic heterocycles. The molecule has 0 bridgehead atoms. The molecule has 2 atom stereocenters. The lowest BCUT2D eigenvalue weighted by atomic mass is 9.78. The van der Waals surface area contributed by atoms with Gasteiger partial charge in [-0.15, -0.1) is 37.9 Å². The molecule has 3 aliphatic rings. The number of carbonyl (C=O) groups excluding carboxylic acids is 1. The van der Waals surface area contributed by atoms with Gasteiger partial charge in [-0.1, -0.05) is 56.4 Å². The van der Waals surface area contributed by atoms with Crippen LogP contribution in [0.25, 0.3) is 5.57 Å². The molecule has 0 aromatic heterocycles. The average Bonchev–Trinajstić information content (AvgIpc) is 3.31. The average molecular weight is 1240 g/mol. The fourth-order valence-electron chi connectivity index (χ4n) is 11.0. The van der Waals surface area contributed by atoms with Crippen LogP contribution in [-0.4, -0.2) is 119 Å². The van der Waals surface area contributed by atoms with Crippen LogP contribution in [0.4, 0.5) is 5.69 Å². The SMILES string of the molecule is CC1CC(C)(C)N(Cc2ccccc2S(=O)(=O)O)c2cc3c(cc21)C(c1cc(OC=O)ccc1C(=O)O)=c1cc2c(cc1[Si]3(C)C)=[N+](Cc1ccccc1S(=O)(=O)O)C(C)(C)CC2CS(=O)(=O)O.O=S(=O)=O.O=S(=O)=O.O=S(=O)=O. The van der Waals surface area contributed by atoms with Crippen LogP contribution in [0.2, 0.25) is 13.1 Å². The number of hydrogen-bond donors (Lipinski definition) is 4. The smallest absolute Gasteiger partial charge is 0.425 e. The maximum absolute atomic E-state index is 13.2. The second-order valence-electron chi connectivity index (χ2n) is 20.5. The van der Waals surface area contributed by atoms with Gasteiger partial charge in [0.15, 0.2) is 12.1 Å². The van der Waals surface area contributed by atoms with E-state index >= 15 is 0 Å². The summed E-state index contributed by atoms with van der Waals surface area (Å²) in [5.41, 5.74) is 2.75. The minimum Gasteiger partial charge on any atom is -0.478 e. The summed E-state index contributed by atoms with van der Waals surface area (Å²) in [6, 6.07) is 24.5. The lowest BCUT2D eigenvalue weighted by Gasteiger charge is -2.49. The number of benzene rings is 5. The predicted molar refractivity (Wildman–Crippen MR) is 288 cm³/mol. The minimum atomic E-state index is -4.67. The number of aromatic carboxylic acids is 1. The Morgan fingerprint density at radius 3 is 1.75 bits per heavy atom. The monoisotopic (exact) mass is 1240 g/mol. The quantitative estimate of drug-likeness (QED) is 0.0600. The number of rotatable bonds is 12. The summed E-state index contributed by atoms with van der Waals surface area (Å²) in [7, 11) is -26.2. The molecule has 0 aliphatic carbocycles. The standard InChI is InChI=1S/C49H52N2O13S3Si.3O3S/c1-29-23-48(2,3)50(25-30-12-8-10-14-42(30)66(58,59)60)40-21-44-38(19-35(29)40)46(37-18-33(64-28-52)16-17-34(37)47(53)54)39-20-36-32(27-65(55,56)57)24-49(4,5)51(41(36)22-45(39)68(44,6)7)26-31-13-9-11-15-43(31)67(61,62)63;3*1-4(2)3/h8-22,28-29,32H,23-27H2,1-7H3,(H3-,53,54,55,56,57,58,59,60,61,62,63);;;/p+1. The van der Waals surface area contributed by atoms with E-state index in [2.05, 4.69) is 50.9 Å². The van der Waals surface area contributed by atoms with Crippen molar-refractivity contribution in [3.05, 3.63) is 141 Å². The van der Waals surface area contributed by atoms with E-state index < -0.39 is 99.0 Å². The van der Waals surface area contributed by atoms with Crippen molar-refractivity contribution in [1.29, 1.82) is 0 Å². The molecule has 430 valence electrons. The van der Waals surface area contributed by atoms with Crippen molar-refractivity contribution in [3.8, 4) is 5.75 Å². The summed E-state index contributed by atoms with van der Waals surface area (Å²) < 4.78 is 191. The van der Waals surface area contributed by atoms with Gasteiger partial charge in [-0.2, -0.15) is 25.3 Å². The summed E-state index contributed by atoms with van der Waals surface area (Å²) in [5, 5.41) is 13.6.